The molecule has 41 heavy (non-hydrogen) atoms. The Labute approximate surface area is 240 Å². The van der Waals surface area contributed by atoms with Crippen LogP contribution in [0.1, 0.15) is 54.8 Å². The van der Waals surface area contributed by atoms with Gasteiger partial charge in [0, 0.05) is 12.6 Å². The molecule has 1 aliphatic carbocycles. The lowest BCUT2D eigenvalue weighted by Gasteiger charge is -2.34. The highest BCUT2D eigenvalue weighted by atomic mass is 16.5. The lowest BCUT2D eigenvalue weighted by atomic mass is 9.94. The molecule has 0 radical (unpaired) electrons. The van der Waals surface area contributed by atoms with E-state index >= 15 is 0 Å². The maximum Gasteiger partial charge on any atom is 0.247 e. The third-order valence-corrected chi connectivity index (χ3v) is 7.94. The van der Waals surface area contributed by atoms with Crippen LogP contribution in [0.25, 0.3) is 11.0 Å². The minimum Gasteiger partial charge on any atom is -0.504 e. The highest BCUT2D eigenvalue weighted by Gasteiger charge is 2.34. The minimum absolute atomic E-state index is 0.0539. The van der Waals surface area contributed by atoms with E-state index in [1.165, 1.54) is 13.2 Å². The molecule has 1 aliphatic rings. The number of para-hydroxylation sites is 1. The Kier molecular flexibility index (Phi) is 8.82. The van der Waals surface area contributed by atoms with Gasteiger partial charge in [0.05, 0.1) is 12.6 Å². The molecule has 1 heterocycles. The monoisotopic (exact) mass is 555 g/mol. The third-order valence-electron chi connectivity index (χ3n) is 7.94. The van der Waals surface area contributed by atoms with Crippen molar-refractivity contribution in [3.8, 4) is 11.5 Å². The van der Waals surface area contributed by atoms with E-state index in [1.54, 1.807) is 21.7 Å². The van der Waals surface area contributed by atoms with Crippen LogP contribution in [0.15, 0.2) is 66.7 Å². The summed E-state index contributed by atoms with van der Waals surface area (Å²) in [6, 6.07) is 19.5. The van der Waals surface area contributed by atoms with E-state index in [9.17, 15) is 14.7 Å². The molecule has 0 aliphatic heterocycles. The number of nitrogens with one attached hydrogen (secondary N) is 1. The number of phenolic OH excluding ortho intramolecular Hbond substituents is 1. The Morgan fingerprint density at radius 3 is 2.59 bits per heavy atom. The van der Waals surface area contributed by atoms with Crippen LogP contribution in [-0.2, 0) is 22.6 Å². The molecule has 1 atom stereocenters. The van der Waals surface area contributed by atoms with Gasteiger partial charge in [0.25, 0.3) is 0 Å². The van der Waals surface area contributed by atoms with Crippen molar-refractivity contribution in [2.75, 3.05) is 13.7 Å². The molecule has 3 aromatic carbocycles. The number of carbonyl (C=O) groups excluding carboxylic acids is 2. The molecule has 1 saturated carbocycles. The topological polar surface area (TPSA) is 110 Å². The molecule has 9 heteroatoms. The zero-order chi connectivity index (χ0) is 28.8. The predicted octanol–water partition coefficient (Wildman–Crippen LogP) is 4.72. The van der Waals surface area contributed by atoms with Crippen LogP contribution in [0.4, 0.5) is 0 Å². The maximum absolute atomic E-state index is 14.2. The van der Waals surface area contributed by atoms with E-state index in [1.807, 2.05) is 55.5 Å². The molecule has 2 N–H and O–H groups in total. The van der Waals surface area contributed by atoms with Gasteiger partial charge in [-0.3, -0.25) is 9.59 Å². The zero-order valence-electron chi connectivity index (χ0n) is 23.6. The Balaban J connectivity index is 1.52. The van der Waals surface area contributed by atoms with Crippen molar-refractivity contribution in [3.05, 3.63) is 83.4 Å². The maximum atomic E-state index is 14.2. The number of carbonyl (C=O) groups is 2. The number of aryl methyl sites for hydroxylation is 1. The first-order valence-corrected chi connectivity index (χ1v) is 14.2. The van der Waals surface area contributed by atoms with Gasteiger partial charge >= 0.3 is 0 Å². The Morgan fingerprint density at radius 1 is 1.07 bits per heavy atom. The number of aromatic hydroxyl groups is 1. The Bertz CT molecular complexity index is 1510. The van der Waals surface area contributed by atoms with E-state index < -0.39 is 6.04 Å². The van der Waals surface area contributed by atoms with Gasteiger partial charge in [-0.05, 0) is 67.1 Å². The zero-order valence-corrected chi connectivity index (χ0v) is 23.6. The second kappa shape index (κ2) is 12.8. The molecule has 214 valence electrons. The largest absolute Gasteiger partial charge is 0.504 e. The number of ether oxygens (including phenoxy) is 1. The molecular weight excluding hydrogens is 518 g/mol. The summed E-state index contributed by atoms with van der Waals surface area (Å²) < 4.78 is 6.82. The van der Waals surface area contributed by atoms with Gasteiger partial charge in [0.15, 0.2) is 11.5 Å². The van der Waals surface area contributed by atoms with Gasteiger partial charge in [0.1, 0.15) is 18.1 Å². The smallest absolute Gasteiger partial charge is 0.247 e. The summed E-state index contributed by atoms with van der Waals surface area (Å²) in [5, 5.41) is 22.3. The molecule has 9 nitrogen and oxygen atoms in total. The first kappa shape index (κ1) is 28.1. The van der Waals surface area contributed by atoms with Crippen LogP contribution in [0.5, 0.6) is 11.5 Å². The van der Waals surface area contributed by atoms with Crippen LogP contribution in [-0.4, -0.2) is 56.5 Å². The highest BCUT2D eigenvalue weighted by Crippen LogP contribution is 2.32. The van der Waals surface area contributed by atoms with Crippen molar-refractivity contribution in [3.63, 3.8) is 0 Å². The lowest BCUT2D eigenvalue weighted by molar-refractivity contribution is -0.141. The number of fused-ring (bicyclic) bond motifs is 1. The minimum atomic E-state index is -0.958. The average molecular weight is 556 g/mol. The summed E-state index contributed by atoms with van der Waals surface area (Å²) in [7, 11) is 1.47. The predicted molar refractivity (Wildman–Crippen MR) is 157 cm³/mol. The summed E-state index contributed by atoms with van der Waals surface area (Å²) in [5.41, 5.74) is 4.16. The molecule has 4 aromatic rings. The fourth-order valence-electron chi connectivity index (χ4n) is 5.66. The molecule has 0 spiro atoms. The summed E-state index contributed by atoms with van der Waals surface area (Å²) in [5.74, 6) is -0.322. The van der Waals surface area contributed by atoms with Crippen LogP contribution < -0.4 is 10.1 Å². The Hall–Kier alpha value is -4.40. The van der Waals surface area contributed by atoms with Gasteiger partial charge in [-0.25, -0.2) is 4.68 Å². The van der Waals surface area contributed by atoms with Gasteiger partial charge in [-0.1, -0.05) is 66.9 Å². The van der Waals surface area contributed by atoms with E-state index in [2.05, 4.69) is 15.6 Å². The lowest BCUT2D eigenvalue weighted by Crippen LogP contribution is -2.48. The molecule has 1 fully saturated rings. The van der Waals surface area contributed by atoms with Crippen LogP contribution >= 0.6 is 0 Å². The number of aromatic nitrogens is 3. The highest BCUT2D eigenvalue weighted by molar-refractivity contribution is 5.89. The molecule has 0 bridgehead atoms. The van der Waals surface area contributed by atoms with Gasteiger partial charge in [-0.2, -0.15) is 0 Å². The van der Waals surface area contributed by atoms with E-state index in [-0.39, 0.29) is 30.2 Å². The number of benzene rings is 3. The molecule has 2 amide bonds. The Morgan fingerprint density at radius 2 is 1.83 bits per heavy atom. The van der Waals surface area contributed by atoms with Crippen molar-refractivity contribution in [2.24, 2.45) is 0 Å². The van der Waals surface area contributed by atoms with Gasteiger partial charge < -0.3 is 20.1 Å². The van der Waals surface area contributed by atoms with Crippen molar-refractivity contribution >= 4 is 22.8 Å². The van der Waals surface area contributed by atoms with E-state index in [0.717, 1.165) is 48.7 Å². The summed E-state index contributed by atoms with van der Waals surface area (Å²) in [4.78, 5) is 29.8. The number of nitrogens with zero attached hydrogens (tertiary/aromatic N) is 4. The van der Waals surface area contributed by atoms with E-state index in [4.69, 9.17) is 4.74 Å². The summed E-state index contributed by atoms with van der Waals surface area (Å²) >= 11 is 0. The van der Waals surface area contributed by atoms with Crippen molar-refractivity contribution in [1.29, 1.82) is 0 Å². The van der Waals surface area contributed by atoms with Crippen LogP contribution in [0.3, 0.4) is 0 Å². The van der Waals surface area contributed by atoms with Gasteiger partial charge in [0.2, 0.25) is 11.8 Å². The normalized spacial score (nSPS) is 14.5. The van der Waals surface area contributed by atoms with E-state index in [0.29, 0.717) is 29.8 Å². The quantitative estimate of drug-likeness (QED) is 0.293. The first-order valence-electron chi connectivity index (χ1n) is 14.2. The first-order chi connectivity index (χ1) is 19.9. The summed E-state index contributed by atoms with van der Waals surface area (Å²) in [6.07, 6.45) is 5.67. The molecule has 0 saturated heterocycles. The number of rotatable bonds is 10. The fourth-order valence-corrected chi connectivity index (χ4v) is 5.66. The molecule has 1 aromatic heterocycles. The standard InChI is InChI=1S/C32H37N5O4/c1-22-10-6-7-11-23(22)18-19-36(30(39)21-37-27-15-9-8-14-26(27)34-35-37)31(24-16-17-29(41-2)28(38)20-24)32(40)33-25-12-4-3-5-13-25/h6-11,14-17,20,25,31,38H,3-5,12-13,18-19,21H2,1-2H3,(H,33,40)/t31-/m1/s1. The number of hydrogen-bond donors (Lipinski definition) is 2. The molecular formula is C32H37N5O4. The number of amides is 2. The van der Waals surface area contributed by atoms with Crippen LogP contribution in [0, 0.1) is 6.92 Å². The molecule has 5 rings (SSSR count). The van der Waals surface area contributed by atoms with Crippen LogP contribution in [0.2, 0.25) is 0 Å². The second-order valence-corrected chi connectivity index (χ2v) is 10.7. The number of hydrogen-bond acceptors (Lipinski definition) is 6. The van der Waals surface area contributed by atoms with Gasteiger partial charge in [-0.15, -0.1) is 5.10 Å². The van der Waals surface area contributed by atoms with Crippen molar-refractivity contribution < 1.29 is 19.4 Å². The second-order valence-electron chi connectivity index (χ2n) is 10.7. The fraction of sp³-hybridized carbons (Fsp3) is 0.375. The average Bonchev–Trinajstić information content (AvgIpc) is 3.39. The number of phenols is 1. The van der Waals surface area contributed by atoms with Crippen molar-refractivity contribution in [1.82, 2.24) is 25.2 Å². The SMILES string of the molecule is COc1ccc([C@H](C(=O)NC2CCCCC2)N(CCc2ccccc2C)C(=O)Cn2nnc3ccccc32)cc1O. The molecule has 0 unspecified atom stereocenters. The number of methoxy groups -OCH3 is 1. The summed E-state index contributed by atoms with van der Waals surface area (Å²) in [6.45, 7) is 2.26. The van der Waals surface area contributed by atoms with Crippen molar-refractivity contribution in [2.45, 2.75) is 64.1 Å². The third kappa shape index (κ3) is 6.51.